The number of aryl methyl sites for hydroxylation is 1. The zero-order valence-corrected chi connectivity index (χ0v) is 18.2. The molecule has 2 aromatic carbocycles. The van der Waals surface area contributed by atoms with Crippen LogP contribution in [0.25, 0.3) is 0 Å². The van der Waals surface area contributed by atoms with Crippen molar-refractivity contribution >= 4 is 28.7 Å². The number of hydrogen-bond donors (Lipinski definition) is 2. The molecule has 31 heavy (non-hydrogen) atoms. The second-order valence-electron chi connectivity index (χ2n) is 6.91. The highest BCUT2D eigenvalue weighted by molar-refractivity contribution is 7.80. The molecule has 3 rings (SSSR count). The lowest BCUT2D eigenvalue weighted by molar-refractivity contribution is -0.137. The molecule has 1 aromatic heterocycles. The van der Waals surface area contributed by atoms with Crippen LogP contribution in [-0.4, -0.2) is 21.5 Å². The van der Waals surface area contributed by atoms with E-state index in [9.17, 15) is 13.2 Å². The summed E-state index contributed by atoms with van der Waals surface area (Å²) in [6.07, 6.45) is -4.38. The monoisotopic (exact) mass is 448 g/mol. The van der Waals surface area contributed by atoms with Gasteiger partial charge in [-0.2, -0.15) is 18.3 Å². The molecule has 9 heteroatoms. The summed E-state index contributed by atoms with van der Waals surface area (Å²) in [5, 5.41) is 11.1. The van der Waals surface area contributed by atoms with Gasteiger partial charge in [-0.1, -0.05) is 24.3 Å². The SMILES string of the molecule is CCOc1ccccc1NC(=S)Nc1c(C)nn(Cc2cccc(C(F)(F)F)c2)c1C. The predicted molar refractivity (Wildman–Crippen MR) is 120 cm³/mol. The molecule has 0 saturated carbocycles. The van der Waals surface area contributed by atoms with Crippen LogP contribution in [0, 0.1) is 13.8 Å². The molecule has 0 radical (unpaired) electrons. The summed E-state index contributed by atoms with van der Waals surface area (Å²) in [5.74, 6) is 0.683. The Morgan fingerprint density at radius 3 is 2.55 bits per heavy atom. The molecular weight excluding hydrogens is 425 g/mol. The van der Waals surface area contributed by atoms with Gasteiger partial charge in [0.15, 0.2) is 5.11 Å². The third kappa shape index (κ3) is 5.55. The molecule has 5 nitrogen and oxygen atoms in total. The topological polar surface area (TPSA) is 51.1 Å². The molecule has 0 saturated heterocycles. The summed E-state index contributed by atoms with van der Waals surface area (Å²) >= 11 is 5.44. The normalized spacial score (nSPS) is 11.3. The van der Waals surface area contributed by atoms with Crippen LogP contribution in [-0.2, 0) is 12.7 Å². The summed E-state index contributed by atoms with van der Waals surface area (Å²) in [7, 11) is 0. The van der Waals surface area contributed by atoms with Crippen molar-refractivity contribution in [3.63, 3.8) is 0 Å². The van der Waals surface area contributed by atoms with Crippen molar-refractivity contribution < 1.29 is 17.9 Å². The fraction of sp³-hybridized carbons (Fsp3) is 0.273. The molecule has 0 unspecified atom stereocenters. The van der Waals surface area contributed by atoms with Gasteiger partial charge in [-0.3, -0.25) is 4.68 Å². The molecule has 2 N–H and O–H groups in total. The van der Waals surface area contributed by atoms with Crippen molar-refractivity contribution in [3.05, 3.63) is 71.0 Å². The largest absolute Gasteiger partial charge is 0.492 e. The summed E-state index contributed by atoms with van der Waals surface area (Å²) in [6, 6.07) is 12.7. The fourth-order valence-electron chi connectivity index (χ4n) is 3.17. The Morgan fingerprint density at radius 2 is 1.84 bits per heavy atom. The van der Waals surface area contributed by atoms with Crippen molar-refractivity contribution in [2.45, 2.75) is 33.5 Å². The Kier molecular flexibility index (Phi) is 6.84. The van der Waals surface area contributed by atoms with Gasteiger partial charge in [-0.05, 0) is 62.8 Å². The highest BCUT2D eigenvalue weighted by Crippen LogP contribution is 2.30. The number of halogens is 3. The maximum absolute atomic E-state index is 13.0. The van der Waals surface area contributed by atoms with Gasteiger partial charge in [0.25, 0.3) is 0 Å². The molecule has 0 aliphatic carbocycles. The summed E-state index contributed by atoms with van der Waals surface area (Å²) in [4.78, 5) is 0. The Hall–Kier alpha value is -3.07. The first-order valence-corrected chi connectivity index (χ1v) is 10.1. The Labute approximate surface area is 184 Å². The first-order valence-electron chi connectivity index (χ1n) is 9.69. The second-order valence-corrected chi connectivity index (χ2v) is 7.32. The third-order valence-corrected chi connectivity index (χ3v) is 4.85. The zero-order chi connectivity index (χ0) is 22.6. The van der Waals surface area contributed by atoms with Gasteiger partial charge in [-0.25, -0.2) is 0 Å². The number of anilines is 2. The number of nitrogens with one attached hydrogen (secondary N) is 2. The van der Waals surface area contributed by atoms with Crippen LogP contribution in [0.5, 0.6) is 5.75 Å². The van der Waals surface area contributed by atoms with Crippen molar-refractivity contribution in [3.8, 4) is 5.75 Å². The van der Waals surface area contributed by atoms with Gasteiger partial charge in [0.2, 0.25) is 0 Å². The molecule has 3 aromatic rings. The number of rotatable bonds is 6. The number of alkyl halides is 3. The van der Waals surface area contributed by atoms with Crippen LogP contribution in [0.4, 0.5) is 24.5 Å². The minimum atomic E-state index is -4.38. The average molecular weight is 449 g/mol. The van der Waals surface area contributed by atoms with Gasteiger partial charge in [-0.15, -0.1) is 0 Å². The molecule has 1 heterocycles. The van der Waals surface area contributed by atoms with E-state index >= 15 is 0 Å². The molecule has 0 aliphatic heterocycles. The van der Waals surface area contributed by atoms with Gasteiger partial charge in [0.05, 0.1) is 41.5 Å². The number of ether oxygens (including phenoxy) is 1. The van der Waals surface area contributed by atoms with Crippen molar-refractivity contribution in [2.75, 3.05) is 17.2 Å². The highest BCUT2D eigenvalue weighted by Gasteiger charge is 2.30. The highest BCUT2D eigenvalue weighted by atomic mass is 32.1. The Morgan fingerprint density at radius 1 is 1.10 bits per heavy atom. The summed E-state index contributed by atoms with van der Waals surface area (Å²) in [6.45, 7) is 6.30. The zero-order valence-electron chi connectivity index (χ0n) is 17.4. The third-order valence-electron chi connectivity index (χ3n) is 4.64. The van der Waals surface area contributed by atoms with Gasteiger partial charge in [0, 0.05) is 0 Å². The molecule has 164 valence electrons. The number of benzene rings is 2. The van der Waals surface area contributed by atoms with Gasteiger partial charge < -0.3 is 15.4 Å². The van der Waals surface area contributed by atoms with Crippen molar-refractivity contribution in [2.24, 2.45) is 0 Å². The number of thiocarbonyl (C=S) groups is 1. The maximum Gasteiger partial charge on any atom is 0.416 e. The number of para-hydroxylation sites is 2. The Balaban J connectivity index is 1.76. The quantitative estimate of drug-likeness (QED) is 0.469. The number of aromatic nitrogens is 2. The summed E-state index contributed by atoms with van der Waals surface area (Å²) < 4.78 is 46.2. The van der Waals surface area contributed by atoms with Crippen LogP contribution >= 0.6 is 12.2 Å². The molecule has 0 spiro atoms. The van der Waals surface area contributed by atoms with E-state index in [4.69, 9.17) is 17.0 Å². The fourth-order valence-corrected chi connectivity index (χ4v) is 3.38. The van der Waals surface area contributed by atoms with Crippen LogP contribution in [0.1, 0.15) is 29.4 Å². The van der Waals surface area contributed by atoms with Crippen LogP contribution in [0.3, 0.4) is 0 Å². The standard InChI is InChI=1S/C22H23F3N4OS/c1-4-30-19-11-6-5-10-18(19)26-21(31)27-20-14(2)28-29(15(20)3)13-16-8-7-9-17(12-16)22(23,24)25/h5-12H,4,13H2,1-3H3,(H2,26,27,31). The van der Waals surface area contributed by atoms with Crippen molar-refractivity contribution in [1.82, 2.24) is 9.78 Å². The minimum absolute atomic E-state index is 0.214. The summed E-state index contributed by atoms with van der Waals surface area (Å²) in [5.41, 5.74) is 2.72. The number of hydrogen-bond acceptors (Lipinski definition) is 3. The molecule has 0 atom stereocenters. The maximum atomic E-state index is 13.0. The lowest BCUT2D eigenvalue weighted by Gasteiger charge is -2.14. The van der Waals surface area contributed by atoms with Gasteiger partial charge >= 0.3 is 6.18 Å². The first kappa shape index (κ1) is 22.6. The lowest BCUT2D eigenvalue weighted by Crippen LogP contribution is -2.20. The average Bonchev–Trinajstić information content (AvgIpc) is 2.96. The first-order chi connectivity index (χ1) is 14.7. The van der Waals surface area contributed by atoms with E-state index in [0.29, 0.717) is 34.4 Å². The van der Waals surface area contributed by atoms with Crippen LogP contribution in [0.2, 0.25) is 0 Å². The molecule has 0 fully saturated rings. The number of nitrogens with zero attached hydrogens (tertiary/aromatic N) is 2. The van der Waals surface area contributed by atoms with E-state index < -0.39 is 11.7 Å². The van der Waals surface area contributed by atoms with E-state index in [0.717, 1.165) is 23.5 Å². The minimum Gasteiger partial charge on any atom is -0.492 e. The van der Waals surface area contributed by atoms with E-state index in [2.05, 4.69) is 15.7 Å². The van der Waals surface area contributed by atoms with E-state index in [1.807, 2.05) is 45.0 Å². The van der Waals surface area contributed by atoms with Gasteiger partial charge in [0.1, 0.15) is 5.75 Å². The van der Waals surface area contributed by atoms with Crippen molar-refractivity contribution in [1.29, 1.82) is 0 Å². The molecule has 0 aliphatic rings. The molecule has 0 bridgehead atoms. The molecular formula is C22H23F3N4OS. The van der Waals surface area contributed by atoms with E-state index in [1.165, 1.54) is 6.07 Å². The predicted octanol–water partition coefficient (Wildman–Crippen LogP) is 5.77. The van der Waals surface area contributed by atoms with Crippen LogP contribution < -0.4 is 15.4 Å². The van der Waals surface area contributed by atoms with E-state index in [-0.39, 0.29) is 6.54 Å². The lowest BCUT2D eigenvalue weighted by atomic mass is 10.1. The Bertz CT molecular complexity index is 1080. The molecule has 0 amide bonds. The van der Waals surface area contributed by atoms with E-state index in [1.54, 1.807) is 10.7 Å². The second kappa shape index (κ2) is 9.38. The smallest absolute Gasteiger partial charge is 0.416 e. The van der Waals surface area contributed by atoms with Crippen LogP contribution in [0.15, 0.2) is 48.5 Å².